The Morgan fingerprint density at radius 2 is 1.96 bits per heavy atom. The summed E-state index contributed by atoms with van der Waals surface area (Å²) < 4.78 is 9.76. The topological polar surface area (TPSA) is 81.7 Å². The van der Waals surface area contributed by atoms with Gasteiger partial charge in [-0.05, 0) is 39.8 Å². The normalized spacial score (nSPS) is 10.3. The van der Waals surface area contributed by atoms with E-state index >= 15 is 0 Å². The molecule has 6 nitrogen and oxygen atoms in total. The number of carbonyl (C=O) groups excluding carboxylic acids is 3. The molecule has 130 valence electrons. The molecule has 0 aromatic carbocycles. The van der Waals surface area contributed by atoms with Gasteiger partial charge in [-0.1, -0.05) is 11.8 Å². The summed E-state index contributed by atoms with van der Waals surface area (Å²) in [6.45, 7) is 7.53. The van der Waals surface area contributed by atoms with Crippen molar-refractivity contribution in [2.45, 2.75) is 39.7 Å². The average molecular weight is 351 g/mol. The first kappa shape index (κ1) is 19.7. The van der Waals surface area contributed by atoms with Crippen LogP contribution in [-0.4, -0.2) is 36.6 Å². The summed E-state index contributed by atoms with van der Waals surface area (Å²) in [7, 11) is 0. The number of hydrogen-bond acceptors (Lipinski definition) is 6. The molecule has 0 aliphatic carbocycles. The highest BCUT2D eigenvalue weighted by Gasteiger charge is 2.19. The van der Waals surface area contributed by atoms with Gasteiger partial charge in [0, 0.05) is 13.0 Å². The number of ether oxygens (including phenoxy) is 2. The maximum absolute atomic E-state index is 11.7. The minimum Gasteiger partial charge on any atom is -0.460 e. The molecular formula is C17H21NO5S. The molecule has 24 heavy (non-hydrogen) atoms. The molecule has 0 aliphatic heterocycles. The Labute approximate surface area is 145 Å². The zero-order chi connectivity index (χ0) is 18.2. The van der Waals surface area contributed by atoms with Crippen molar-refractivity contribution >= 4 is 29.2 Å². The third-order valence-corrected chi connectivity index (χ3v) is 3.42. The molecule has 1 rings (SSSR count). The van der Waals surface area contributed by atoms with Crippen LogP contribution in [0.5, 0.6) is 0 Å². The fourth-order valence-corrected chi connectivity index (χ4v) is 2.32. The van der Waals surface area contributed by atoms with E-state index in [4.69, 9.17) is 4.74 Å². The standard InChI is InChI=1S/C17H21NO5S/c1-5-22-15(20)14(19)13-10-9-12(24-13)8-6-7-11-18-16(21)23-17(2,3)4/h9-10H,5,7,11H2,1-4H3,(H,18,21). The Hall–Kier alpha value is -2.33. The van der Waals surface area contributed by atoms with Gasteiger partial charge in [0.1, 0.15) is 5.60 Å². The van der Waals surface area contributed by atoms with Crippen LogP contribution in [0.1, 0.15) is 48.7 Å². The molecule has 0 aliphatic rings. The smallest absolute Gasteiger partial charge is 0.407 e. The van der Waals surface area contributed by atoms with E-state index in [1.165, 1.54) is 0 Å². The van der Waals surface area contributed by atoms with Crippen molar-refractivity contribution in [2.24, 2.45) is 0 Å². The lowest BCUT2D eigenvalue weighted by Crippen LogP contribution is -2.32. The third-order valence-electron chi connectivity index (χ3n) is 2.42. The highest BCUT2D eigenvalue weighted by molar-refractivity contribution is 7.15. The van der Waals surface area contributed by atoms with Gasteiger partial charge in [-0.25, -0.2) is 9.59 Å². The molecule has 7 heteroatoms. The minimum absolute atomic E-state index is 0.160. The van der Waals surface area contributed by atoms with Gasteiger partial charge >= 0.3 is 12.1 Å². The molecule has 0 saturated carbocycles. The predicted octanol–water partition coefficient (Wildman–Crippen LogP) is 2.76. The lowest BCUT2D eigenvalue weighted by atomic mass is 10.2. The van der Waals surface area contributed by atoms with E-state index in [9.17, 15) is 14.4 Å². The molecular weight excluding hydrogens is 330 g/mol. The van der Waals surface area contributed by atoms with E-state index in [0.29, 0.717) is 22.7 Å². The maximum atomic E-state index is 11.7. The second-order valence-corrected chi connectivity index (χ2v) is 6.78. The van der Waals surface area contributed by atoms with E-state index in [2.05, 4.69) is 21.9 Å². The van der Waals surface area contributed by atoms with Gasteiger partial charge in [0.05, 0.1) is 16.4 Å². The number of hydrogen-bond donors (Lipinski definition) is 1. The second kappa shape index (κ2) is 9.08. The molecule has 1 aromatic rings. The first-order chi connectivity index (χ1) is 11.2. The summed E-state index contributed by atoms with van der Waals surface area (Å²) in [5.74, 6) is 4.25. The largest absolute Gasteiger partial charge is 0.460 e. The maximum Gasteiger partial charge on any atom is 0.407 e. The van der Waals surface area contributed by atoms with Gasteiger partial charge in [0.2, 0.25) is 0 Å². The van der Waals surface area contributed by atoms with Crippen molar-refractivity contribution in [3.63, 3.8) is 0 Å². The Bertz CT molecular complexity index is 661. The fraction of sp³-hybridized carbons (Fsp3) is 0.471. The van der Waals surface area contributed by atoms with Gasteiger partial charge in [0.25, 0.3) is 5.78 Å². The number of nitrogens with one attached hydrogen (secondary N) is 1. The van der Waals surface area contributed by atoms with Crippen molar-refractivity contribution in [3.8, 4) is 11.8 Å². The van der Waals surface area contributed by atoms with Crippen molar-refractivity contribution in [1.82, 2.24) is 5.32 Å². The van der Waals surface area contributed by atoms with E-state index < -0.39 is 23.4 Å². The van der Waals surface area contributed by atoms with Crippen molar-refractivity contribution in [1.29, 1.82) is 0 Å². The SMILES string of the molecule is CCOC(=O)C(=O)c1ccc(C#CCCNC(=O)OC(C)(C)C)s1. The fourth-order valence-electron chi connectivity index (χ4n) is 1.52. The van der Waals surface area contributed by atoms with Crippen LogP contribution < -0.4 is 5.32 Å². The van der Waals surface area contributed by atoms with E-state index in [1.54, 1.807) is 39.8 Å². The van der Waals surface area contributed by atoms with Crippen LogP contribution >= 0.6 is 11.3 Å². The summed E-state index contributed by atoms with van der Waals surface area (Å²) in [5, 5.41) is 2.60. The Morgan fingerprint density at radius 1 is 1.25 bits per heavy atom. The monoisotopic (exact) mass is 351 g/mol. The van der Waals surface area contributed by atoms with E-state index in [0.717, 1.165) is 11.3 Å². The summed E-state index contributed by atoms with van der Waals surface area (Å²) in [6.07, 6.45) is -0.0408. The Morgan fingerprint density at radius 3 is 2.58 bits per heavy atom. The summed E-state index contributed by atoms with van der Waals surface area (Å²) in [4.78, 5) is 35.5. The number of alkyl carbamates (subject to hydrolysis) is 1. The Balaban J connectivity index is 2.44. The van der Waals surface area contributed by atoms with Crippen LogP contribution in [0.4, 0.5) is 4.79 Å². The summed E-state index contributed by atoms with van der Waals surface area (Å²) in [5.41, 5.74) is -0.533. The third kappa shape index (κ3) is 7.29. The van der Waals surface area contributed by atoms with Crippen LogP contribution in [0.15, 0.2) is 12.1 Å². The van der Waals surface area contributed by atoms with Crippen LogP contribution in [0.2, 0.25) is 0 Å². The zero-order valence-corrected chi connectivity index (χ0v) is 15.0. The lowest BCUT2D eigenvalue weighted by Gasteiger charge is -2.19. The quantitative estimate of drug-likeness (QED) is 0.290. The molecule has 0 atom stereocenters. The van der Waals surface area contributed by atoms with Gasteiger partial charge in [0.15, 0.2) is 0 Å². The van der Waals surface area contributed by atoms with Gasteiger partial charge in [-0.3, -0.25) is 4.79 Å². The molecule has 0 saturated heterocycles. The molecule has 0 spiro atoms. The number of rotatable bonds is 5. The van der Waals surface area contributed by atoms with Gasteiger partial charge in [-0.2, -0.15) is 0 Å². The predicted molar refractivity (Wildman–Crippen MR) is 91.0 cm³/mol. The molecule has 0 radical (unpaired) electrons. The molecule has 0 unspecified atom stereocenters. The number of esters is 1. The van der Waals surface area contributed by atoms with E-state index in [1.807, 2.05) is 0 Å². The molecule has 1 heterocycles. The number of Topliss-reactive ketones (excluding diaryl/α,β-unsaturated/α-hetero) is 1. The van der Waals surface area contributed by atoms with Crippen molar-refractivity contribution in [2.75, 3.05) is 13.2 Å². The second-order valence-electron chi connectivity index (χ2n) is 5.69. The number of carbonyl (C=O) groups is 3. The number of thiophene rings is 1. The highest BCUT2D eigenvalue weighted by Crippen LogP contribution is 2.16. The van der Waals surface area contributed by atoms with Gasteiger partial charge in [-0.15, -0.1) is 11.3 Å². The summed E-state index contributed by atoms with van der Waals surface area (Å²) in [6, 6.07) is 3.22. The van der Waals surface area contributed by atoms with Crippen molar-refractivity contribution in [3.05, 3.63) is 21.9 Å². The number of ketones is 1. The van der Waals surface area contributed by atoms with Crippen LogP contribution in [0.25, 0.3) is 0 Å². The average Bonchev–Trinajstić information content (AvgIpc) is 2.93. The molecule has 1 aromatic heterocycles. The highest BCUT2D eigenvalue weighted by atomic mass is 32.1. The van der Waals surface area contributed by atoms with Crippen LogP contribution in [-0.2, 0) is 14.3 Å². The Kier molecular flexibility index (Phi) is 7.46. The molecule has 0 fully saturated rings. The van der Waals surface area contributed by atoms with E-state index in [-0.39, 0.29) is 6.61 Å². The zero-order valence-electron chi connectivity index (χ0n) is 14.2. The molecule has 0 bridgehead atoms. The number of amides is 1. The lowest BCUT2D eigenvalue weighted by molar-refractivity contribution is -0.137. The summed E-state index contributed by atoms with van der Waals surface area (Å²) >= 11 is 1.13. The van der Waals surface area contributed by atoms with Crippen molar-refractivity contribution < 1.29 is 23.9 Å². The van der Waals surface area contributed by atoms with Gasteiger partial charge < -0.3 is 14.8 Å². The van der Waals surface area contributed by atoms with Crippen LogP contribution in [0, 0.1) is 11.8 Å². The molecule has 1 N–H and O–H groups in total. The molecule has 1 amide bonds. The minimum atomic E-state index is -0.861. The van der Waals surface area contributed by atoms with Crippen LogP contribution in [0.3, 0.4) is 0 Å². The first-order valence-electron chi connectivity index (χ1n) is 7.50. The first-order valence-corrected chi connectivity index (χ1v) is 8.31.